The minimum Gasteiger partial charge on any atom is -0.497 e. The third kappa shape index (κ3) is 4.78. The summed E-state index contributed by atoms with van der Waals surface area (Å²) in [5.74, 6) is 1.34. The number of hydrogen-bond acceptors (Lipinski definition) is 7. The fraction of sp³-hybridized carbons (Fsp3) is 0.389. The number of hydrogen-bond donors (Lipinski definition) is 2. The van der Waals surface area contributed by atoms with E-state index in [-0.39, 0.29) is 12.2 Å². The number of carbonyl (C=O) groups is 1. The van der Waals surface area contributed by atoms with E-state index >= 15 is 0 Å². The van der Waals surface area contributed by atoms with Crippen molar-refractivity contribution in [3.8, 4) is 17.3 Å². The Morgan fingerprint density at radius 3 is 2.77 bits per heavy atom. The summed E-state index contributed by atoms with van der Waals surface area (Å²) in [7, 11) is -1.73. The Kier molecular flexibility index (Phi) is 7.03. The Morgan fingerprint density at radius 2 is 2.07 bits per heavy atom. The normalized spacial score (nSPS) is 14.8. The van der Waals surface area contributed by atoms with Crippen LogP contribution in [0.2, 0.25) is 0 Å². The zero-order valence-corrected chi connectivity index (χ0v) is 17.2. The van der Waals surface area contributed by atoms with Gasteiger partial charge in [-0.1, -0.05) is 0 Å². The predicted octanol–water partition coefficient (Wildman–Crippen LogP) is 0.798. The Labute approximate surface area is 173 Å². The lowest BCUT2D eigenvalue weighted by atomic mass is 10.2. The fourth-order valence-corrected chi connectivity index (χ4v) is 4.56. The first-order valence-electron chi connectivity index (χ1n) is 9.17. The maximum Gasteiger partial charge on any atom is 0.290 e. The molecule has 0 bridgehead atoms. The molecule has 1 aliphatic rings. The molecule has 0 spiro atoms. The van der Waals surface area contributed by atoms with Gasteiger partial charge in [-0.15, -0.1) is 0 Å². The van der Waals surface area contributed by atoms with E-state index in [4.69, 9.17) is 19.4 Å². The zero-order valence-electron chi connectivity index (χ0n) is 16.4. The standard InChI is InChI=1S/C17H21N5O4S.CH2O2/c1-25-13-2-3-15-14(12-13)16(20-19-15)17-18-4-5-21(17)8-11-27(23,24)22-6-9-26-10-7-22;2-1-3/h2-5,12H,6-11H2,1H3,(H,19,20);1H,(H,2,3). The highest BCUT2D eigenvalue weighted by atomic mass is 32.2. The molecule has 3 aromatic rings. The summed E-state index contributed by atoms with van der Waals surface area (Å²) >= 11 is 0. The van der Waals surface area contributed by atoms with E-state index in [0.29, 0.717) is 44.4 Å². The van der Waals surface area contributed by atoms with Gasteiger partial charge < -0.3 is 19.1 Å². The molecule has 1 saturated heterocycles. The Balaban J connectivity index is 0.000000806. The van der Waals surface area contributed by atoms with Gasteiger partial charge in [0.25, 0.3) is 6.47 Å². The summed E-state index contributed by atoms with van der Waals surface area (Å²) in [4.78, 5) is 12.7. The van der Waals surface area contributed by atoms with Crippen molar-refractivity contribution in [1.29, 1.82) is 0 Å². The van der Waals surface area contributed by atoms with Crippen molar-refractivity contribution in [3.05, 3.63) is 30.6 Å². The molecule has 4 rings (SSSR count). The summed E-state index contributed by atoms with van der Waals surface area (Å²) in [6.07, 6.45) is 3.42. The van der Waals surface area contributed by atoms with Crippen LogP contribution >= 0.6 is 0 Å². The molecular formula is C18H23N5O6S. The van der Waals surface area contributed by atoms with Crippen LogP contribution in [0.5, 0.6) is 5.75 Å². The van der Waals surface area contributed by atoms with Gasteiger partial charge in [-0.25, -0.2) is 13.4 Å². The van der Waals surface area contributed by atoms with E-state index in [1.807, 2.05) is 22.8 Å². The number of imidazole rings is 1. The van der Waals surface area contributed by atoms with E-state index in [0.717, 1.165) is 16.7 Å². The largest absolute Gasteiger partial charge is 0.497 e. The van der Waals surface area contributed by atoms with E-state index in [1.165, 1.54) is 4.31 Å². The number of methoxy groups -OCH3 is 1. The van der Waals surface area contributed by atoms with Crippen molar-refractivity contribution >= 4 is 27.4 Å². The van der Waals surface area contributed by atoms with E-state index < -0.39 is 10.0 Å². The third-order valence-electron chi connectivity index (χ3n) is 4.65. The number of nitrogens with one attached hydrogen (secondary N) is 1. The molecule has 0 atom stereocenters. The summed E-state index contributed by atoms with van der Waals surface area (Å²) in [6, 6.07) is 5.63. The molecule has 1 aliphatic heterocycles. The van der Waals surface area contributed by atoms with Crippen LogP contribution in [-0.4, -0.2) is 83.2 Å². The number of morpholine rings is 1. The highest BCUT2D eigenvalue weighted by Gasteiger charge is 2.24. The van der Waals surface area contributed by atoms with E-state index in [1.54, 1.807) is 19.5 Å². The van der Waals surface area contributed by atoms with Crippen LogP contribution in [0, 0.1) is 0 Å². The number of sulfonamides is 1. The van der Waals surface area contributed by atoms with Gasteiger partial charge in [-0.05, 0) is 18.2 Å². The smallest absolute Gasteiger partial charge is 0.290 e. The number of H-pyrrole nitrogens is 1. The van der Waals surface area contributed by atoms with Gasteiger partial charge in [0, 0.05) is 37.4 Å². The van der Waals surface area contributed by atoms with Gasteiger partial charge in [-0.3, -0.25) is 9.89 Å². The van der Waals surface area contributed by atoms with Crippen molar-refractivity contribution in [3.63, 3.8) is 0 Å². The molecule has 11 nitrogen and oxygen atoms in total. The molecule has 0 unspecified atom stereocenters. The van der Waals surface area contributed by atoms with Gasteiger partial charge in [0.2, 0.25) is 10.0 Å². The first-order chi connectivity index (χ1) is 14.5. The number of aromatic amines is 1. The lowest BCUT2D eigenvalue weighted by molar-refractivity contribution is -0.122. The number of fused-ring (bicyclic) bond motifs is 1. The lowest BCUT2D eigenvalue weighted by Gasteiger charge is -2.26. The van der Waals surface area contributed by atoms with E-state index in [9.17, 15) is 8.42 Å². The first kappa shape index (κ1) is 21.7. The number of carboxylic acid groups (broad SMARTS) is 1. The maximum absolute atomic E-state index is 12.6. The maximum atomic E-state index is 12.6. The van der Waals surface area contributed by atoms with Gasteiger partial charge in [-0.2, -0.15) is 9.40 Å². The Hall–Kier alpha value is -2.96. The summed E-state index contributed by atoms with van der Waals surface area (Å²) in [6.45, 7) is 1.74. The monoisotopic (exact) mass is 437 g/mol. The van der Waals surface area contributed by atoms with Crippen LogP contribution in [0.1, 0.15) is 0 Å². The van der Waals surface area contributed by atoms with Crippen molar-refractivity contribution in [1.82, 2.24) is 24.1 Å². The molecule has 3 heterocycles. The number of nitrogens with zero attached hydrogens (tertiary/aromatic N) is 4. The molecule has 2 N–H and O–H groups in total. The number of aromatic nitrogens is 4. The van der Waals surface area contributed by atoms with Crippen LogP contribution in [0.4, 0.5) is 0 Å². The molecular weight excluding hydrogens is 414 g/mol. The summed E-state index contributed by atoms with van der Waals surface area (Å²) < 4.78 is 39.0. The second-order valence-corrected chi connectivity index (χ2v) is 8.45. The Morgan fingerprint density at radius 1 is 1.33 bits per heavy atom. The summed E-state index contributed by atoms with van der Waals surface area (Å²) in [5.41, 5.74) is 1.53. The third-order valence-corrected chi connectivity index (χ3v) is 6.50. The van der Waals surface area contributed by atoms with Crippen LogP contribution in [0.25, 0.3) is 22.4 Å². The van der Waals surface area contributed by atoms with Gasteiger partial charge in [0.15, 0.2) is 5.82 Å². The molecule has 0 amide bonds. The minimum absolute atomic E-state index is 0.00202. The number of rotatable bonds is 6. The lowest BCUT2D eigenvalue weighted by Crippen LogP contribution is -2.42. The van der Waals surface area contributed by atoms with Crippen molar-refractivity contribution in [2.45, 2.75) is 6.54 Å². The molecule has 0 aliphatic carbocycles. The highest BCUT2D eigenvalue weighted by molar-refractivity contribution is 7.89. The molecule has 1 fully saturated rings. The molecule has 12 heteroatoms. The predicted molar refractivity (Wildman–Crippen MR) is 109 cm³/mol. The quantitative estimate of drug-likeness (QED) is 0.540. The molecule has 0 radical (unpaired) electrons. The minimum atomic E-state index is -3.34. The number of aryl methyl sites for hydroxylation is 1. The van der Waals surface area contributed by atoms with Crippen LogP contribution < -0.4 is 4.74 Å². The Bertz CT molecular complexity index is 1090. The van der Waals surface area contributed by atoms with Gasteiger partial charge in [0.05, 0.1) is 31.6 Å². The average molecular weight is 437 g/mol. The first-order valence-corrected chi connectivity index (χ1v) is 10.8. The zero-order chi connectivity index (χ0) is 21.6. The second-order valence-electron chi connectivity index (χ2n) is 6.36. The second kappa shape index (κ2) is 9.69. The molecule has 0 saturated carbocycles. The molecule has 30 heavy (non-hydrogen) atoms. The van der Waals surface area contributed by atoms with Crippen LogP contribution in [0.3, 0.4) is 0 Å². The van der Waals surface area contributed by atoms with Gasteiger partial charge >= 0.3 is 0 Å². The average Bonchev–Trinajstić information content (AvgIpc) is 3.39. The molecule has 2 aromatic heterocycles. The van der Waals surface area contributed by atoms with Crippen molar-refractivity contribution in [2.75, 3.05) is 39.2 Å². The van der Waals surface area contributed by atoms with Crippen LogP contribution in [0.15, 0.2) is 30.6 Å². The molecule has 1 aromatic carbocycles. The topological polar surface area (TPSA) is 140 Å². The van der Waals surface area contributed by atoms with Crippen LogP contribution in [-0.2, 0) is 26.1 Å². The summed E-state index contributed by atoms with van der Waals surface area (Å²) in [5, 5.41) is 15.1. The van der Waals surface area contributed by atoms with Gasteiger partial charge in [0.1, 0.15) is 11.4 Å². The SMILES string of the molecule is COc1ccc2[nH]nc(-c3nccn3CCS(=O)(=O)N3CCOCC3)c2c1.O=CO. The van der Waals surface area contributed by atoms with E-state index in [2.05, 4.69) is 15.2 Å². The highest BCUT2D eigenvalue weighted by Crippen LogP contribution is 2.28. The van der Waals surface area contributed by atoms with Crippen molar-refractivity contribution in [2.24, 2.45) is 0 Å². The number of ether oxygens (including phenoxy) is 2. The number of benzene rings is 1. The van der Waals surface area contributed by atoms with Crippen molar-refractivity contribution < 1.29 is 27.8 Å². The molecule has 162 valence electrons. The fourth-order valence-electron chi connectivity index (χ4n) is 3.16.